The molecule has 0 aliphatic carbocycles. The molecule has 42 heavy (non-hydrogen) atoms. The highest BCUT2D eigenvalue weighted by atomic mass is 32.1. The number of piperazine rings is 1. The minimum absolute atomic E-state index is 0.231. The second-order valence-corrected chi connectivity index (χ2v) is 9.87. The van der Waals surface area contributed by atoms with Crippen molar-refractivity contribution in [1.29, 1.82) is 0 Å². The second-order valence-electron chi connectivity index (χ2n) is 9.09. The average molecular weight is 622 g/mol. The van der Waals surface area contributed by atoms with Crippen molar-refractivity contribution in [3.05, 3.63) is 58.8 Å². The molecule has 1 unspecified atom stereocenters. The average Bonchev–Trinajstić information content (AvgIpc) is 3.66. The van der Waals surface area contributed by atoms with Crippen molar-refractivity contribution >= 4 is 28.8 Å². The third-order valence-corrected chi connectivity index (χ3v) is 6.68. The van der Waals surface area contributed by atoms with Gasteiger partial charge in [-0.15, -0.1) is 5.10 Å². The lowest BCUT2D eigenvalue weighted by Gasteiger charge is -2.38. The van der Waals surface area contributed by atoms with Gasteiger partial charge in [0.05, 0.1) is 17.8 Å². The molecule has 1 saturated heterocycles. The monoisotopic (exact) mass is 621 g/mol. The zero-order chi connectivity index (χ0) is 31.2. The molecule has 0 saturated carbocycles. The molecule has 4 aromatic heterocycles. The number of aryl methyl sites for hydroxylation is 1. The highest BCUT2D eigenvalue weighted by Crippen LogP contribution is 2.29. The van der Waals surface area contributed by atoms with Gasteiger partial charge in [0, 0.05) is 56.7 Å². The molecule has 5 rings (SSSR count). The van der Waals surface area contributed by atoms with Crippen molar-refractivity contribution in [2.45, 2.75) is 24.9 Å². The van der Waals surface area contributed by atoms with E-state index in [0.29, 0.717) is 0 Å². The Morgan fingerprint density at radius 1 is 0.976 bits per heavy atom. The molecular weight excluding hydrogens is 596 g/mol. The first kappa shape index (κ1) is 32.5. The lowest BCUT2D eigenvalue weighted by Crippen LogP contribution is -2.46. The Bertz CT molecular complexity index is 1460. The fourth-order valence-electron chi connectivity index (χ4n) is 3.93. The Balaban J connectivity index is 0.000000289. The first-order valence-electron chi connectivity index (χ1n) is 11.9. The molecule has 18 heteroatoms. The number of aromatic nitrogens is 5. The summed E-state index contributed by atoms with van der Waals surface area (Å²) < 4.78 is 67.2. The zero-order valence-corrected chi connectivity index (χ0v) is 22.9. The highest BCUT2D eigenvalue weighted by molar-refractivity contribution is 7.08. The summed E-state index contributed by atoms with van der Waals surface area (Å²) in [6.45, 7) is 3.91. The van der Waals surface area contributed by atoms with Gasteiger partial charge >= 0.3 is 24.3 Å². The van der Waals surface area contributed by atoms with E-state index in [1.807, 2.05) is 22.4 Å². The van der Waals surface area contributed by atoms with E-state index in [2.05, 4.69) is 73.6 Å². The largest absolute Gasteiger partial charge is 0.490 e. The van der Waals surface area contributed by atoms with Gasteiger partial charge < -0.3 is 10.2 Å². The number of hydrogen-bond acceptors (Lipinski definition) is 8. The van der Waals surface area contributed by atoms with E-state index in [4.69, 9.17) is 19.8 Å². The number of aliphatic carboxylic acids is 2. The van der Waals surface area contributed by atoms with Crippen LogP contribution in [0.25, 0.3) is 16.6 Å². The van der Waals surface area contributed by atoms with Crippen molar-refractivity contribution < 1.29 is 46.1 Å². The minimum atomic E-state index is -5.08. The SMILES string of the molecule is CN1CCN(Cc2cnn(C)c2)CC1c1nnn2cc(-c3ccsc3)ccc12.O=C(O)C(F)(F)F.O=C(O)C(F)(F)F. The summed E-state index contributed by atoms with van der Waals surface area (Å²) in [7, 11) is 4.14. The fraction of sp³-hybridized carbons (Fsp3) is 0.375. The quantitative estimate of drug-likeness (QED) is 0.326. The van der Waals surface area contributed by atoms with E-state index in [1.165, 1.54) is 16.7 Å². The second kappa shape index (κ2) is 13.3. The van der Waals surface area contributed by atoms with E-state index in [-0.39, 0.29) is 6.04 Å². The Kier molecular flexibility index (Phi) is 10.3. The van der Waals surface area contributed by atoms with Gasteiger partial charge in [-0.1, -0.05) is 11.3 Å². The number of hydrogen-bond donors (Lipinski definition) is 2. The molecule has 1 aliphatic heterocycles. The summed E-state index contributed by atoms with van der Waals surface area (Å²) in [4.78, 5) is 22.7. The van der Waals surface area contributed by atoms with Crippen LogP contribution in [-0.2, 0) is 23.2 Å². The molecule has 4 aromatic rings. The summed E-state index contributed by atoms with van der Waals surface area (Å²) in [5, 5.41) is 31.8. The summed E-state index contributed by atoms with van der Waals surface area (Å²) in [5.74, 6) is -5.51. The smallest absolute Gasteiger partial charge is 0.475 e. The predicted octanol–water partition coefficient (Wildman–Crippen LogP) is 3.95. The van der Waals surface area contributed by atoms with Crippen LogP contribution < -0.4 is 0 Å². The maximum Gasteiger partial charge on any atom is 0.490 e. The summed E-state index contributed by atoms with van der Waals surface area (Å²) in [5.41, 5.74) is 5.77. The van der Waals surface area contributed by atoms with Gasteiger partial charge in [0.15, 0.2) is 0 Å². The van der Waals surface area contributed by atoms with Crippen LogP contribution in [0.5, 0.6) is 0 Å². The highest BCUT2D eigenvalue weighted by Gasteiger charge is 2.39. The van der Waals surface area contributed by atoms with Gasteiger partial charge in [0.2, 0.25) is 0 Å². The molecule has 2 N–H and O–H groups in total. The number of carboxylic acids is 2. The van der Waals surface area contributed by atoms with E-state index < -0.39 is 24.3 Å². The number of carboxylic acid groups (broad SMARTS) is 2. The minimum Gasteiger partial charge on any atom is -0.475 e. The van der Waals surface area contributed by atoms with Crippen LogP contribution in [0.15, 0.2) is 47.5 Å². The van der Waals surface area contributed by atoms with Crippen molar-refractivity contribution in [3.8, 4) is 11.1 Å². The van der Waals surface area contributed by atoms with Crippen molar-refractivity contribution in [1.82, 2.24) is 34.4 Å². The number of fused-ring (bicyclic) bond motifs is 1. The molecule has 0 radical (unpaired) electrons. The summed E-state index contributed by atoms with van der Waals surface area (Å²) >= 11 is 1.71. The Morgan fingerprint density at radius 2 is 1.62 bits per heavy atom. The number of nitrogens with zero attached hydrogens (tertiary/aromatic N) is 7. The molecule has 0 aromatic carbocycles. The van der Waals surface area contributed by atoms with Gasteiger partial charge in [0.25, 0.3) is 0 Å². The Morgan fingerprint density at radius 3 is 2.14 bits per heavy atom. The topological polar surface area (TPSA) is 129 Å². The van der Waals surface area contributed by atoms with E-state index >= 15 is 0 Å². The third kappa shape index (κ3) is 8.73. The van der Waals surface area contributed by atoms with Crippen LogP contribution in [0.4, 0.5) is 26.3 Å². The number of likely N-dealkylation sites (N-methyl/N-ethyl adjacent to an activating group) is 1. The predicted molar refractivity (Wildman–Crippen MR) is 138 cm³/mol. The normalized spacial score (nSPS) is 16.3. The fourth-order valence-corrected chi connectivity index (χ4v) is 4.60. The molecule has 228 valence electrons. The van der Waals surface area contributed by atoms with Crippen molar-refractivity contribution in [3.63, 3.8) is 0 Å². The van der Waals surface area contributed by atoms with E-state index in [0.717, 1.165) is 37.4 Å². The Hall–Kier alpha value is -4.03. The number of halogens is 6. The molecule has 11 nitrogen and oxygen atoms in total. The maximum atomic E-state index is 10.6. The van der Waals surface area contributed by atoms with Gasteiger partial charge in [-0.2, -0.15) is 42.8 Å². The molecule has 5 heterocycles. The van der Waals surface area contributed by atoms with Crippen LogP contribution >= 0.6 is 11.3 Å². The van der Waals surface area contributed by atoms with E-state index in [1.54, 1.807) is 11.3 Å². The molecule has 1 atom stereocenters. The van der Waals surface area contributed by atoms with Crippen LogP contribution in [0.3, 0.4) is 0 Å². The molecular formula is C24H25F6N7O4S. The van der Waals surface area contributed by atoms with Crippen LogP contribution in [0.1, 0.15) is 17.3 Å². The van der Waals surface area contributed by atoms with Crippen LogP contribution in [0.2, 0.25) is 0 Å². The molecule has 0 bridgehead atoms. The first-order valence-corrected chi connectivity index (χ1v) is 12.9. The van der Waals surface area contributed by atoms with Gasteiger partial charge in [-0.25, -0.2) is 14.1 Å². The number of alkyl halides is 6. The van der Waals surface area contributed by atoms with Gasteiger partial charge in [0.1, 0.15) is 5.69 Å². The number of carbonyl (C=O) groups is 2. The standard InChI is InChI=1S/C20H23N7S.2C2HF3O2/c1-24-6-7-26(11-15-9-21-25(2)10-15)13-19(24)20-18-4-3-16(12-27(18)23-22-20)17-5-8-28-14-17;2*3-2(4,5)1(6)7/h3-5,8-10,12,14,19H,6-7,11,13H2,1-2H3;2*(H,6,7). The third-order valence-electron chi connectivity index (χ3n) is 5.99. The van der Waals surface area contributed by atoms with Crippen molar-refractivity contribution in [2.75, 3.05) is 26.7 Å². The molecule has 0 spiro atoms. The number of rotatable bonds is 4. The lowest BCUT2D eigenvalue weighted by atomic mass is 10.1. The first-order chi connectivity index (χ1) is 19.6. The summed E-state index contributed by atoms with van der Waals surface area (Å²) in [6, 6.07) is 6.68. The zero-order valence-electron chi connectivity index (χ0n) is 22.0. The lowest BCUT2D eigenvalue weighted by molar-refractivity contribution is -0.193. The Labute approximate surface area is 238 Å². The van der Waals surface area contributed by atoms with Crippen LogP contribution in [-0.4, -0.2) is 95.6 Å². The maximum absolute atomic E-state index is 10.6. The van der Waals surface area contributed by atoms with Gasteiger partial charge in [-0.3, -0.25) is 14.5 Å². The molecule has 1 fully saturated rings. The molecule has 0 amide bonds. The summed E-state index contributed by atoms with van der Waals surface area (Å²) in [6.07, 6.45) is -4.05. The number of thiophene rings is 1. The van der Waals surface area contributed by atoms with Crippen LogP contribution in [0, 0.1) is 0 Å². The number of pyridine rings is 1. The van der Waals surface area contributed by atoms with Crippen molar-refractivity contribution in [2.24, 2.45) is 7.05 Å². The molecule has 1 aliphatic rings. The van der Waals surface area contributed by atoms with Gasteiger partial charge in [-0.05, 0) is 35.5 Å². The van der Waals surface area contributed by atoms with E-state index in [9.17, 15) is 26.3 Å².